The molecule has 0 unspecified atom stereocenters. The first kappa shape index (κ1) is 11.4. The van der Waals surface area contributed by atoms with Crippen LogP contribution in [0, 0.1) is 0 Å². The zero-order valence-corrected chi connectivity index (χ0v) is 9.68. The Bertz CT molecular complexity index is 560. The van der Waals surface area contributed by atoms with Crippen molar-refractivity contribution >= 4 is 22.7 Å². The van der Waals surface area contributed by atoms with Gasteiger partial charge in [-0.3, -0.25) is 4.79 Å². The van der Waals surface area contributed by atoms with Gasteiger partial charge in [0.1, 0.15) is 12.4 Å². The first-order chi connectivity index (χ1) is 8.11. The number of benzene rings is 1. The maximum atomic E-state index is 10.9. The summed E-state index contributed by atoms with van der Waals surface area (Å²) in [6.07, 6.45) is 1.69. The Kier molecular flexibility index (Phi) is 2.99. The van der Waals surface area contributed by atoms with Crippen LogP contribution in [-0.4, -0.2) is 20.6 Å². The van der Waals surface area contributed by atoms with Crippen molar-refractivity contribution < 1.29 is 9.90 Å². The van der Waals surface area contributed by atoms with Crippen molar-refractivity contribution in [2.45, 2.75) is 26.3 Å². The van der Waals surface area contributed by atoms with Crippen LogP contribution in [0.5, 0.6) is 0 Å². The third-order valence-electron chi connectivity index (χ3n) is 2.62. The van der Waals surface area contributed by atoms with Crippen LogP contribution in [0.4, 0.5) is 5.69 Å². The highest BCUT2D eigenvalue weighted by Crippen LogP contribution is 2.19. The van der Waals surface area contributed by atoms with E-state index in [-0.39, 0.29) is 6.54 Å². The van der Waals surface area contributed by atoms with Crippen LogP contribution in [0.25, 0.3) is 11.0 Å². The molecule has 0 amide bonds. The van der Waals surface area contributed by atoms with Crippen molar-refractivity contribution in [3.63, 3.8) is 0 Å². The number of aromatic nitrogens is 2. The molecule has 17 heavy (non-hydrogen) atoms. The smallest absolute Gasteiger partial charge is 0.323 e. The maximum Gasteiger partial charge on any atom is 0.323 e. The highest BCUT2D eigenvalue weighted by atomic mass is 16.4. The Hall–Kier alpha value is -2.04. The molecule has 0 saturated heterocycles. The molecular formula is C12H15N3O2. The van der Waals surface area contributed by atoms with Gasteiger partial charge in [0, 0.05) is 12.1 Å². The molecule has 2 aromatic rings. The molecule has 1 heterocycles. The number of nitrogens with zero attached hydrogens (tertiary/aromatic N) is 2. The molecule has 0 aliphatic heterocycles. The highest BCUT2D eigenvalue weighted by Gasteiger charge is 2.12. The Labute approximate surface area is 98.9 Å². The molecule has 0 aliphatic rings. The molecular weight excluding hydrogens is 218 g/mol. The van der Waals surface area contributed by atoms with Gasteiger partial charge < -0.3 is 15.4 Å². The molecule has 5 nitrogen and oxygen atoms in total. The second-order valence-electron chi connectivity index (χ2n) is 4.01. The molecule has 0 fully saturated rings. The van der Waals surface area contributed by atoms with Crippen molar-refractivity contribution in [3.05, 3.63) is 24.0 Å². The number of aliphatic carboxylic acids is 1. The lowest BCUT2D eigenvalue weighted by Crippen LogP contribution is -2.11. The van der Waals surface area contributed by atoms with Crippen molar-refractivity contribution in [3.8, 4) is 0 Å². The lowest BCUT2D eigenvalue weighted by Gasteiger charge is -2.04. The zero-order valence-electron chi connectivity index (χ0n) is 9.68. The topological polar surface area (TPSA) is 81.1 Å². The normalized spacial score (nSPS) is 10.9. The van der Waals surface area contributed by atoms with Crippen molar-refractivity contribution in [2.75, 3.05) is 5.73 Å². The molecule has 0 spiro atoms. The van der Waals surface area contributed by atoms with Gasteiger partial charge in [0.25, 0.3) is 0 Å². The largest absolute Gasteiger partial charge is 0.480 e. The zero-order chi connectivity index (χ0) is 12.4. The number of imidazole rings is 1. The van der Waals surface area contributed by atoms with Gasteiger partial charge in [-0.2, -0.15) is 0 Å². The average molecular weight is 233 g/mol. The van der Waals surface area contributed by atoms with Crippen LogP contribution in [0.15, 0.2) is 18.2 Å². The van der Waals surface area contributed by atoms with E-state index in [0.717, 1.165) is 29.7 Å². The Morgan fingerprint density at radius 1 is 1.53 bits per heavy atom. The second kappa shape index (κ2) is 4.45. The van der Waals surface area contributed by atoms with E-state index in [1.807, 2.05) is 13.0 Å². The number of aryl methyl sites for hydroxylation is 1. The first-order valence-electron chi connectivity index (χ1n) is 5.58. The summed E-state index contributed by atoms with van der Waals surface area (Å²) in [7, 11) is 0. The third kappa shape index (κ3) is 2.22. The van der Waals surface area contributed by atoms with E-state index in [0.29, 0.717) is 5.69 Å². The summed E-state index contributed by atoms with van der Waals surface area (Å²) in [5.74, 6) is -0.0611. The van der Waals surface area contributed by atoms with E-state index >= 15 is 0 Å². The van der Waals surface area contributed by atoms with E-state index in [9.17, 15) is 4.79 Å². The molecule has 0 radical (unpaired) electrons. The summed E-state index contributed by atoms with van der Waals surface area (Å²) in [4.78, 5) is 15.3. The number of nitrogen functional groups attached to an aromatic ring is 1. The summed E-state index contributed by atoms with van der Waals surface area (Å²) >= 11 is 0. The molecule has 1 aromatic heterocycles. The minimum atomic E-state index is -0.863. The highest BCUT2D eigenvalue weighted by molar-refractivity contribution is 5.81. The third-order valence-corrected chi connectivity index (χ3v) is 2.62. The molecule has 0 saturated carbocycles. The molecule has 1 aromatic carbocycles. The number of carboxylic acids is 1. The predicted octanol–water partition coefficient (Wildman–Crippen LogP) is 1.66. The van der Waals surface area contributed by atoms with Gasteiger partial charge in [0.2, 0.25) is 0 Å². The Morgan fingerprint density at radius 3 is 2.94 bits per heavy atom. The lowest BCUT2D eigenvalue weighted by molar-refractivity contribution is -0.137. The fraction of sp³-hybridized carbons (Fsp3) is 0.333. The van der Waals surface area contributed by atoms with Crippen LogP contribution in [-0.2, 0) is 17.8 Å². The Balaban J connectivity index is 2.57. The van der Waals surface area contributed by atoms with Crippen LogP contribution >= 0.6 is 0 Å². The van der Waals surface area contributed by atoms with Crippen LogP contribution in [0.3, 0.4) is 0 Å². The fourth-order valence-corrected chi connectivity index (χ4v) is 1.92. The van der Waals surface area contributed by atoms with Crippen molar-refractivity contribution in [1.29, 1.82) is 0 Å². The predicted molar refractivity (Wildman–Crippen MR) is 65.8 cm³/mol. The number of nitrogens with two attached hydrogens (primary N) is 1. The number of hydrogen-bond acceptors (Lipinski definition) is 3. The van der Waals surface area contributed by atoms with E-state index in [4.69, 9.17) is 10.8 Å². The molecule has 0 aliphatic carbocycles. The number of carbonyl (C=O) groups is 1. The number of anilines is 1. The number of rotatable bonds is 4. The lowest BCUT2D eigenvalue weighted by atomic mass is 10.3. The first-order valence-corrected chi connectivity index (χ1v) is 5.58. The average Bonchev–Trinajstić information content (AvgIpc) is 2.56. The van der Waals surface area contributed by atoms with E-state index in [1.54, 1.807) is 16.7 Å². The second-order valence-corrected chi connectivity index (χ2v) is 4.01. The molecule has 3 N–H and O–H groups in total. The Morgan fingerprint density at radius 2 is 2.29 bits per heavy atom. The number of carboxylic acid groups (broad SMARTS) is 1. The minimum absolute atomic E-state index is 0.0598. The summed E-state index contributed by atoms with van der Waals surface area (Å²) in [6.45, 7) is 1.98. The SMILES string of the molecule is CCCc1nc2cc(N)ccc2n1CC(=O)O. The van der Waals surface area contributed by atoms with Gasteiger partial charge in [-0.05, 0) is 24.6 Å². The van der Waals surface area contributed by atoms with Gasteiger partial charge in [-0.1, -0.05) is 6.92 Å². The quantitative estimate of drug-likeness (QED) is 0.787. The number of hydrogen-bond donors (Lipinski definition) is 2. The van der Waals surface area contributed by atoms with Gasteiger partial charge >= 0.3 is 5.97 Å². The molecule has 90 valence electrons. The van der Waals surface area contributed by atoms with Crippen molar-refractivity contribution in [2.24, 2.45) is 0 Å². The van der Waals surface area contributed by atoms with E-state index in [1.165, 1.54) is 0 Å². The van der Waals surface area contributed by atoms with Crippen LogP contribution in [0.2, 0.25) is 0 Å². The summed E-state index contributed by atoms with van der Waals surface area (Å²) in [5.41, 5.74) is 7.92. The molecule has 2 rings (SSSR count). The van der Waals surface area contributed by atoms with Crippen molar-refractivity contribution in [1.82, 2.24) is 9.55 Å². The van der Waals surface area contributed by atoms with E-state index in [2.05, 4.69) is 4.98 Å². The minimum Gasteiger partial charge on any atom is -0.480 e. The van der Waals surface area contributed by atoms with Crippen LogP contribution < -0.4 is 5.73 Å². The molecule has 5 heteroatoms. The van der Waals surface area contributed by atoms with Gasteiger partial charge in [0.15, 0.2) is 0 Å². The summed E-state index contributed by atoms with van der Waals surface area (Å²) in [6, 6.07) is 5.35. The van der Waals surface area contributed by atoms with E-state index < -0.39 is 5.97 Å². The summed E-state index contributed by atoms with van der Waals surface area (Å²) < 4.78 is 1.74. The van der Waals surface area contributed by atoms with Gasteiger partial charge in [-0.15, -0.1) is 0 Å². The van der Waals surface area contributed by atoms with Gasteiger partial charge in [-0.25, -0.2) is 4.98 Å². The summed E-state index contributed by atoms with van der Waals surface area (Å²) in [5, 5.41) is 8.92. The molecule has 0 atom stereocenters. The van der Waals surface area contributed by atoms with Crippen LogP contribution in [0.1, 0.15) is 19.2 Å². The monoisotopic (exact) mass is 233 g/mol. The fourth-order valence-electron chi connectivity index (χ4n) is 1.92. The maximum absolute atomic E-state index is 10.9. The standard InChI is InChI=1S/C12H15N3O2/c1-2-3-11-14-9-6-8(13)4-5-10(9)15(11)7-12(16)17/h4-6H,2-3,7,13H2,1H3,(H,16,17). The van der Waals surface area contributed by atoms with Gasteiger partial charge in [0.05, 0.1) is 11.0 Å². The molecule has 0 bridgehead atoms. The number of fused-ring (bicyclic) bond motifs is 1.